The lowest BCUT2D eigenvalue weighted by molar-refractivity contribution is 0.669. The molecule has 0 fully saturated rings. The first kappa shape index (κ1) is 12.3. The molecule has 0 aliphatic carbocycles. The smallest absolute Gasteiger partial charge is 0.136 e. The molecule has 0 spiro atoms. The molecule has 1 heteroatoms. The van der Waals surface area contributed by atoms with Crippen molar-refractivity contribution < 1.29 is 29.1 Å². The molecular formula is C42H26O. The average molecular weight is 565 g/mol. The summed E-state index contributed by atoms with van der Waals surface area (Å²) in [6, 6.07) is 2.88. The van der Waals surface area contributed by atoms with E-state index in [0.29, 0.717) is 21.5 Å². The lowest BCUT2D eigenvalue weighted by Crippen LogP contribution is -1.91. The molecule has 0 saturated carbocycles. The molecule has 0 bridgehead atoms. The fourth-order valence-corrected chi connectivity index (χ4v) is 5.59. The Bertz CT molecular complexity index is 3430. The van der Waals surface area contributed by atoms with Crippen LogP contribution in [-0.2, 0) is 0 Å². The molecule has 1 aromatic heterocycles. The van der Waals surface area contributed by atoms with Gasteiger partial charge in [-0.2, -0.15) is 0 Å². The van der Waals surface area contributed by atoms with Gasteiger partial charge in [-0.15, -0.1) is 0 Å². The molecule has 0 atom stereocenters. The van der Waals surface area contributed by atoms with E-state index in [1.54, 1.807) is 48.5 Å². The third-order valence-electron chi connectivity index (χ3n) is 7.44. The van der Waals surface area contributed by atoms with Crippen LogP contribution in [0.1, 0.15) is 24.7 Å². The van der Waals surface area contributed by atoms with Gasteiger partial charge in [-0.3, -0.25) is 0 Å². The molecule has 0 saturated heterocycles. The Hall–Kier alpha value is -5.66. The fourth-order valence-electron chi connectivity index (χ4n) is 5.59. The predicted molar refractivity (Wildman–Crippen MR) is 183 cm³/mol. The van der Waals surface area contributed by atoms with Crippen LogP contribution in [0.4, 0.5) is 0 Å². The summed E-state index contributed by atoms with van der Waals surface area (Å²) >= 11 is 0. The van der Waals surface area contributed by atoms with Crippen LogP contribution in [-0.4, -0.2) is 0 Å². The lowest BCUT2D eigenvalue weighted by atomic mass is 9.85. The van der Waals surface area contributed by atoms with Crippen LogP contribution < -0.4 is 0 Å². The predicted octanol–water partition coefficient (Wildman–Crippen LogP) is 12.0. The van der Waals surface area contributed by atoms with Gasteiger partial charge in [0.2, 0.25) is 0 Å². The van der Waals surface area contributed by atoms with Gasteiger partial charge in [-0.1, -0.05) is 127 Å². The van der Waals surface area contributed by atoms with E-state index in [9.17, 15) is 8.22 Å². The van der Waals surface area contributed by atoms with Crippen molar-refractivity contribution in [1.29, 1.82) is 0 Å². The largest absolute Gasteiger partial charge is 0.456 e. The molecule has 0 radical (unpaired) electrons. The molecule has 9 rings (SSSR count). The van der Waals surface area contributed by atoms with Crippen LogP contribution in [0.5, 0.6) is 0 Å². The molecule has 1 heterocycles. The summed E-state index contributed by atoms with van der Waals surface area (Å²) in [5.74, 6) is 0. The van der Waals surface area contributed by atoms with Crippen LogP contribution in [0.2, 0.25) is 0 Å². The van der Waals surface area contributed by atoms with E-state index in [1.165, 1.54) is 0 Å². The minimum absolute atomic E-state index is 0.0836. The Morgan fingerprint density at radius 1 is 0.372 bits per heavy atom. The van der Waals surface area contributed by atoms with E-state index in [0.717, 1.165) is 0 Å². The zero-order valence-corrected chi connectivity index (χ0v) is 22.0. The molecule has 0 unspecified atom stereocenters. The number of hydrogen-bond acceptors (Lipinski definition) is 1. The van der Waals surface area contributed by atoms with Crippen LogP contribution in [0.15, 0.2) is 162 Å². The van der Waals surface area contributed by atoms with Gasteiger partial charge in [-0.25, -0.2) is 0 Å². The second kappa shape index (κ2) is 9.44. The van der Waals surface area contributed by atoms with Gasteiger partial charge < -0.3 is 4.42 Å². The van der Waals surface area contributed by atoms with Crippen LogP contribution in [0.25, 0.3) is 87.6 Å². The fraction of sp³-hybridized carbons (Fsp3) is 0. The van der Waals surface area contributed by atoms with Crippen molar-refractivity contribution in [2.75, 3.05) is 0 Å². The highest BCUT2D eigenvalue weighted by molar-refractivity contribution is 6.22. The molecule has 0 aliphatic heterocycles. The van der Waals surface area contributed by atoms with E-state index < -0.39 is 120 Å². The first-order valence-corrected chi connectivity index (χ1v) is 13.3. The van der Waals surface area contributed by atoms with Crippen LogP contribution in [0, 0.1) is 0 Å². The highest BCUT2D eigenvalue weighted by atomic mass is 16.3. The Kier molecular flexibility index (Phi) is 2.70. The number of benzene rings is 8. The number of rotatable bonds is 3. The van der Waals surface area contributed by atoms with Crippen LogP contribution >= 0.6 is 0 Å². The van der Waals surface area contributed by atoms with Crippen molar-refractivity contribution in [3.8, 4) is 33.4 Å². The molecule has 200 valence electrons. The van der Waals surface area contributed by atoms with Gasteiger partial charge in [0.05, 0.1) is 24.7 Å². The van der Waals surface area contributed by atoms with E-state index in [-0.39, 0.29) is 55.0 Å². The maximum absolute atomic E-state index is 9.59. The van der Waals surface area contributed by atoms with Crippen molar-refractivity contribution in [2.45, 2.75) is 0 Å². The van der Waals surface area contributed by atoms with Crippen molar-refractivity contribution >= 4 is 54.3 Å². The summed E-state index contributed by atoms with van der Waals surface area (Å²) in [6.07, 6.45) is 0. The molecule has 0 amide bonds. The minimum atomic E-state index is -0.719. The molecule has 0 N–H and O–H groups in total. The zero-order valence-electron chi connectivity index (χ0n) is 40.0. The molecule has 43 heavy (non-hydrogen) atoms. The minimum Gasteiger partial charge on any atom is -0.456 e. The second-order valence-electron chi connectivity index (χ2n) is 9.85. The standard InChI is InChI=1S/C42H26O/c1-2-10-27(11-3-1)30-21-23-39-38(25-30)33-22-20-32(26-40(33)43-39)42-36-16-8-6-14-34(36)41(35-15-7-9-17-37(35)42)31-19-18-28-12-4-5-13-29(28)24-31/h1-26H/i1D,2D,3D,4D,5D,10D,11D,12D,13D,18D,19D,20D,21D,22D,23D,24D,25D,26D. The van der Waals surface area contributed by atoms with Crippen molar-refractivity contribution in [3.05, 3.63) is 157 Å². The Balaban J connectivity index is 1.41. The summed E-state index contributed by atoms with van der Waals surface area (Å²) in [4.78, 5) is 0. The van der Waals surface area contributed by atoms with Gasteiger partial charge >= 0.3 is 0 Å². The summed E-state index contributed by atoms with van der Waals surface area (Å²) in [6.45, 7) is 0. The van der Waals surface area contributed by atoms with Gasteiger partial charge in [0.1, 0.15) is 11.2 Å². The quantitative estimate of drug-likeness (QED) is 0.195. The van der Waals surface area contributed by atoms with Gasteiger partial charge in [0.15, 0.2) is 0 Å². The summed E-state index contributed by atoms with van der Waals surface area (Å²) in [5, 5.41) is 0.553. The highest BCUT2D eigenvalue weighted by Crippen LogP contribution is 2.45. The third kappa shape index (κ3) is 3.79. The average Bonchev–Trinajstić information content (AvgIpc) is 3.66. The third-order valence-corrected chi connectivity index (χ3v) is 7.44. The van der Waals surface area contributed by atoms with Crippen molar-refractivity contribution in [3.63, 3.8) is 0 Å². The highest BCUT2D eigenvalue weighted by Gasteiger charge is 2.18. The SMILES string of the molecule is [2H]c1c([2H])c([2H])c(-c2c([2H])c([2H])c3oc4c([2H])c(-c5c6ccccc6c(-c6c([2H])c([2H])c7c([2H])c([2H])c([2H])c([2H])c7c6[2H])c6ccccc56)c([2H])c([2H])c4c3c2[2H])c([2H])c1[2H]. The molecular weight excluding hydrogens is 520 g/mol. The summed E-state index contributed by atoms with van der Waals surface area (Å²) in [7, 11) is 0. The Labute approximate surface area is 274 Å². The molecule has 9 aromatic rings. The summed E-state index contributed by atoms with van der Waals surface area (Å²) < 4.78 is 164. The topological polar surface area (TPSA) is 13.1 Å². The first-order chi connectivity index (χ1) is 28.8. The van der Waals surface area contributed by atoms with Gasteiger partial charge in [0, 0.05) is 10.8 Å². The maximum Gasteiger partial charge on any atom is 0.136 e. The second-order valence-corrected chi connectivity index (χ2v) is 9.85. The van der Waals surface area contributed by atoms with Crippen LogP contribution in [0.3, 0.4) is 0 Å². The van der Waals surface area contributed by atoms with E-state index in [4.69, 9.17) is 20.9 Å². The lowest BCUT2D eigenvalue weighted by Gasteiger charge is -2.18. The van der Waals surface area contributed by atoms with Crippen molar-refractivity contribution in [2.24, 2.45) is 0 Å². The van der Waals surface area contributed by atoms with E-state index >= 15 is 0 Å². The molecule has 8 aromatic carbocycles. The Morgan fingerprint density at radius 3 is 1.65 bits per heavy atom. The summed E-state index contributed by atoms with van der Waals surface area (Å²) in [5.41, 5.74) is -1.30. The van der Waals surface area contributed by atoms with Crippen molar-refractivity contribution in [1.82, 2.24) is 0 Å². The Morgan fingerprint density at radius 2 is 0.953 bits per heavy atom. The molecule has 1 nitrogen and oxygen atoms in total. The van der Waals surface area contributed by atoms with E-state index in [1.807, 2.05) is 0 Å². The first-order valence-electron chi connectivity index (χ1n) is 22.3. The number of furan rings is 1. The number of fused-ring (bicyclic) bond motifs is 6. The monoisotopic (exact) mass is 564 g/mol. The normalized spacial score (nSPS) is 17.6. The molecule has 0 aliphatic rings. The van der Waals surface area contributed by atoms with Gasteiger partial charge in [0.25, 0.3) is 0 Å². The van der Waals surface area contributed by atoms with Gasteiger partial charge in [-0.05, 0) is 95.9 Å². The van der Waals surface area contributed by atoms with E-state index in [2.05, 4.69) is 0 Å². The number of hydrogen-bond donors (Lipinski definition) is 0. The maximum atomic E-state index is 9.59. The zero-order chi connectivity index (χ0) is 44.0.